The zero-order valence-corrected chi connectivity index (χ0v) is 17.0. The van der Waals surface area contributed by atoms with Crippen LogP contribution in [-0.2, 0) is 6.42 Å². The molecule has 0 heterocycles. The lowest BCUT2D eigenvalue weighted by Crippen LogP contribution is -2.42. The van der Waals surface area contributed by atoms with Crippen molar-refractivity contribution in [2.75, 3.05) is 26.7 Å². The van der Waals surface area contributed by atoms with Crippen molar-refractivity contribution in [1.29, 1.82) is 0 Å². The number of nitrogens with zero attached hydrogens (tertiary/aromatic N) is 1. The van der Waals surface area contributed by atoms with Crippen molar-refractivity contribution in [3.8, 4) is 0 Å². The van der Waals surface area contributed by atoms with E-state index in [1.165, 1.54) is 12.1 Å². The summed E-state index contributed by atoms with van der Waals surface area (Å²) in [7, 11) is 1.68. The molecular weight excluding hydrogens is 446 g/mol. The molecule has 0 spiro atoms. The lowest BCUT2D eigenvalue weighted by Gasteiger charge is -2.12. The van der Waals surface area contributed by atoms with Gasteiger partial charge in [0.1, 0.15) is 5.82 Å². The summed E-state index contributed by atoms with van der Waals surface area (Å²) >= 11 is 0. The SMILES string of the molecule is CN=C(NCCNC(=O)c1ccccc1)NCCc1cccc(F)c1.I. The first-order valence-electron chi connectivity index (χ1n) is 8.21. The molecule has 0 aliphatic rings. The third-order valence-corrected chi connectivity index (χ3v) is 3.56. The van der Waals surface area contributed by atoms with E-state index in [0.717, 1.165) is 5.56 Å². The fourth-order valence-corrected chi connectivity index (χ4v) is 2.29. The quantitative estimate of drug-likeness (QED) is 0.252. The van der Waals surface area contributed by atoms with Gasteiger partial charge in [0.25, 0.3) is 5.91 Å². The van der Waals surface area contributed by atoms with Crippen molar-refractivity contribution in [2.24, 2.45) is 4.99 Å². The minimum Gasteiger partial charge on any atom is -0.356 e. The molecule has 0 aliphatic carbocycles. The zero-order chi connectivity index (χ0) is 17.9. The van der Waals surface area contributed by atoms with Gasteiger partial charge in [-0.25, -0.2) is 4.39 Å². The molecule has 0 bridgehead atoms. The van der Waals surface area contributed by atoms with Gasteiger partial charge in [-0.2, -0.15) is 0 Å². The molecule has 26 heavy (non-hydrogen) atoms. The molecule has 2 aromatic rings. The summed E-state index contributed by atoms with van der Waals surface area (Å²) in [6, 6.07) is 15.6. The summed E-state index contributed by atoms with van der Waals surface area (Å²) in [5.74, 6) is 0.316. The minimum atomic E-state index is -0.228. The van der Waals surface area contributed by atoms with E-state index in [1.54, 1.807) is 25.2 Å². The summed E-state index contributed by atoms with van der Waals surface area (Å²) < 4.78 is 13.1. The second-order valence-electron chi connectivity index (χ2n) is 5.43. The van der Waals surface area contributed by atoms with Crippen molar-refractivity contribution in [1.82, 2.24) is 16.0 Å². The number of amides is 1. The molecule has 7 heteroatoms. The molecular formula is C19H24FIN4O. The number of guanidine groups is 1. The van der Waals surface area contributed by atoms with Crippen molar-refractivity contribution in [3.63, 3.8) is 0 Å². The first-order chi connectivity index (χ1) is 12.2. The second-order valence-corrected chi connectivity index (χ2v) is 5.43. The van der Waals surface area contributed by atoms with Gasteiger partial charge in [-0.3, -0.25) is 9.79 Å². The molecule has 0 radical (unpaired) electrons. The van der Waals surface area contributed by atoms with Crippen molar-refractivity contribution < 1.29 is 9.18 Å². The van der Waals surface area contributed by atoms with Crippen molar-refractivity contribution >= 4 is 35.8 Å². The molecule has 2 aromatic carbocycles. The van der Waals surface area contributed by atoms with E-state index in [4.69, 9.17) is 0 Å². The van der Waals surface area contributed by atoms with Gasteiger partial charge >= 0.3 is 0 Å². The number of hydrogen-bond acceptors (Lipinski definition) is 2. The van der Waals surface area contributed by atoms with E-state index in [9.17, 15) is 9.18 Å². The molecule has 0 atom stereocenters. The zero-order valence-electron chi connectivity index (χ0n) is 14.7. The highest BCUT2D eigenvalue weighted by Crippen LogP contribution is 2.03. The van der Waals surface area contributed by atoms with Crippen LogP contribution in [0, 0.1) is 5.82 Å². The summed E-state index contributed by atoms with van der Waals surface area (Å²) in [5, 5.41) is 9.13. The molecule has 1 amide bonds. The topological polar surface area (TPSA) is 65.5 Å². The Bertz CT molecular complexity index is 710. The number of rotatable bonds is 7. The molecule has 0 unspecified atom stereocenters. The molecule has 0 saturated heterocycles. The fourth-order valence-electron chi connectivity index (χ4n) is 2.29. The van der Waals surface area contributed by atoms with Crippen LogP contribution in [0.2, 0.25) is 0 Å². The summed E-state index contributed by atoms with van der Waals surface area (Å²) in [4.78, 5) is 16.0. The van der Waals surface area contributed by atoms with Gasteiger partial charge in [-0.15, -0.1) is 24.0 Å². The van der Waals surface area contributed by atoms with Gasteiger partial charge in [0.15, 0.2) is 5.96 Å². The van der Waals surface area contributed by atoms with Gasteiger partial charge in [-0.05, 0) is 36.2 Å². The largest absolute Gasteiger partial charge is 0.356 e. The monoisotopic (exact) mass is 470 g/mol. The maximum atomic E-state index is 13.1. The number of aliphatic imine (C=N–C) groups is 1. The number of benzene rings is 2. The smallest absolute Gasteiger partial charge is 0.251 e. The number of halogens is 2. The third-order valence-electron chi connectivity index (χ3n) is 3.56. The van der Waals surface area contributed by atoms with E-state index < -0.39 is 0 Å². The van der Waals surface area contributed by atoms with Crippen LogP contribution in [0.25, 0.3) is 0 Å². The molecule has 0 fully saturated rings. The number of hydrogen-bond donors (Lipinski definition) is 3. The van der Waals surface area contributed by atoms with Gasteiger partial charge in [0.2, 0.25) is 0 Å². The Labute approximate surface area is 170 Å². The Morgan fingerprint density at radius 3 is 2.35 bits per heavy atom. The maximum Gasteiger partial charge on any atom is 0.251 e. The molecule has 140 valence electrons. The Morgan fingerprint density at radius 1 is 0.962 bits per heavy atom. The van der Waals surface area contributed by atoms with Crippen LogP contribution in [0.4, 0.5) is 4.39 Å². The van der Waals surface area contributed by atoms with Crippen LogP contribution in [0.15, 0.2) is 59.6 Å². The molecule has 5 nitrogen and oxygen atoms in total. The molecule has 0 saturated carbocycles. The second kappa shape index (κ2) is 12.2. The first-order valence-corrected chi connectivity index (χ1v) is 8.21. The van der Waals surface area contributed by atoms with Crippen molar-refractivity contribution in [2.45, 2.75) is 6.42 Å². The van der Waals surface area contributed by atoms with Crippen LogP contribution < -0.4 is 16.0 Å². The van der Waals surface area contributed by atoms with E-state index in [-0.39, 0.29) is 35.7 Å². The van der Waals surface area contributed by atoms with Crippen LogP contribution in [0.3, 0.4) is 0 Å². The average Bonchev–Trinajstić information content (AvgIpc) is 2.64. The highest BCUT2D eigenvalue weighted by Gasteiger charge is 2.03. The van der Waals surface area contributed by atoms with Gasteiger partial charge in [-0.1, -0.05) is 30.3 Å². The normalized spacial score (nSPS) is 10.6. The standard InChI is InChI=1S/C19H23FN4O.HI/c1-21-19(23-11-10-15-6-5-9-17(20)14-15)24-13-12-22-18(25)16-7-3-2-4-8-16;/h2-9,14H,10-13H2,1H3,(H,22,25)(H2,21,23,24);1H. The summed E-state index contributed by atoms with van der Waals surface area (Å²) in [5.41, 5.74) is 1.57. The Morgan fingerprint density at radius 2 is 1.65 bits per heavy atom. The molecule has 3 N–H and O–H groups in total. The van der Waals surface area contributed by atoms with E-state index >= 15 is 0 Å². The highest BCUT2D eigenvalue weighted by atomic mass is 127. The average molecular weight is 470 g/mol. The lowest BCUT2D eigenvalue weighted by atomic mass is 10.1. The van der Waals surface area contributed by atoms with Gasteiger partial charge in [0, 0.05) is 32.2 Å². The van der Waals surface area contributed by atoms with E-state index in [0.29, 0.717) is 37.6 Å². The predicted octanol–water partition coefficient (Wildman–Crippen LogP) is 2.58. The number of carbonyl (C=O) groups is 1. The molecule has 0 aliphatic heterocycles. The third kappa shape index (κ3) is 7.81. The maximum absolute atomic E-state index is 13.1. The van der Waals surface area contributed by atoms with Crippen LogP contribution in [0.1, 0.15) is 15.9 Å². The number of nitrogens with one attached hydrogen (secondary N) is 3. The Hall–Kier alpha value is -2.16. The Balaban J connectivity index is 0.00000338. The van der Waals surface area contributed by atoms with Crippen LogP contribution >= 0.6 is 24.0 Å². The summed E-state index contributed by atoms with van der Waals surface area (Å²) in [6.45, 7) is 1.68. The van der Waals surface area contributed by atoms with Crippen LogP contribution in [0.5, 0.6) is 0 Å². The van der Waals surface area contributed by atoms with E-state index in [1.807, 2.05) is 24.3 Å². The number of carbonyl (C=O) groups excluding carboxylic acids is 1. The fraction of sp³-hybridized carbons (Fsp3) is 0.263. The highest BCUT2D eigenvalue weighted by molar-refractivity contribution is 14.0. The van der Waals surface area contributed by atoms with Gasteiger partial charge in [0.05, 0.1) is 0 Å². The first kappa shape index (κ1) is 21.9. The molecule has 2 rings (SSSR count). The summed E-state index contributed by atoms with van der Waals surface area (Å²) in [6.07, 6.45) is 0.698. The predicted molar refractivity (Wildman–Crippen MR) is 114 cm³/mol. The molecule has 0 aromatic heterocycles. The Kier molecular flexibility index (Phi) is 10.3. The lowest BCUT2D eigenvalue weighted by molar-refractivity contribution is 0.0954. The van der Waals surface area contributed by atoms with E-state index in [2.05, 4.69) is 20.9 Å². The van der Waals surface area contributed by atoms with Crippen LogP contribution in [-0.4, -0.2) is 38.5 Å². The van der Waals surface area contributed by atoms with Crippen molar-refractivity contribution in [3.05, 3.63) is 71.5 Å². The minimum absolute atomic E-state index is 0. The van der Waals surface area contributed by atoms with Gasteiger partial charge < -0.3 is 16.0 Å².